The Morgan fingerprint density at radius 2 is 1.82 bits per heavy atom. The van der Waals surface area contributed by atoms with E-state index in [9.17, 15) is 0 Å². The van der Waals surface area contributed by atoms with Crippen molar-refractivity contribution < 1.29 is 14.7 Å². The largest absolute Gasteiger partial charge is 0.634 e. The quantitative estimate of drug-likeness (QED) is 0.768. The molecule has 17 heavy (non-hydrogen) atoms. The van der Waals surface area contributed by atoms with Crippen LogP contribution in [0.5, 0.6) is 0 Å². The molecule has 4 heteroatoms. The molecule has 1 aliphatic rings. The van der Waals surface area contributed by atoms with Crippen LogP contribution in [0.1, 0.15) is 17.2 Å². The first-order valence-electron chi connectivity index (χ1n) is 5.47. The lowest BCUT2D eigenvalue weighted by atomic mass is 9.91. The Morgan fingerprint density at radius 3 is 2.59 bits per heavy atom. The average Bonchev–Trinajstić information content (AvgIpc) is 2.33. The second kappa shape index (κ2) is 4.00. The normalized spacial score (nSPS) is 17.4. The predicted molar refractivity (Wildman–Crippen MR) is 67.0 cm³/mol. The third kappa shape index (κ3) is 1.76. The van der Waals surface area contributed by atoms with Crippen LogP contribution in [0.2, 0.25) is 0 Å². The summed E-state index contributed by atoms with van der Waals surface area (Å²) in [6, 6.07) is 12.0. The zero-order valence-electron chi connectivity index (χ0n) is 9.08. The Balaban J connectivity index is 2.20. The number of hydrogen-bond acceptors (Lipinski definition) is 3. The maximum atomic E-state index is 8.91. The predicted octanol–water partition coefficient (Wildman–Crippen LogP) is 1.89. The Bertz CT molecular complexity index is 587. The molecule has 0 radical (unpaired) electrons. The molecule has 0 amide bonds. The summed E-state index contributed by atoms with van der Waals surface area (Å²) < 4.78 is 5.06. The molecule has 3 nitrogen and oxygen atoms in total. The molecule has 0 bridgehead atoms. The molecule has 3 rings (SSSR count). The summed E-state index contributed by atoms with van der Waals surface area (Å²) in [6.07, 6.45) is 3.37. The van der Waals surface area contributed by atoms with E-state index >= 15 is 0 Å². The van der Waals surface area contributed by atoms with E-state index in [2.05, 4.69) is 0 Å². The minimum atomic E-state index is -1.76. The molecule has 0 aliphatic heterocycles. The van der Waals surface area contributed by atoms with Crippen LogP contribution in [0.15, 0.2) is 42.5 Å². The summed E-state index contributed by atoms with van der Waals surface area (Å²) in [5.41, 5.74) is 2.10. The summed E-state index contributed by atoms with van der Waals surface area (Å²) >= 11 is 0. The van der Waals surface area contributed by atoms with Gasteiger partial charge in [0, 0.05) is 0 Å². The van der Waals surface area contributed by atoms with Gasteiger partial charge in [0.2, 0.25) is 0 Å². The van der Waals surface area contributed by atoms with E-state index in [-0.39, 0.29) is 0 Å². The molecule has 0 fully saturated rings. The second-order valence-electron chi connectivity index (χ2n) is 4.03. The van der Waals surface area contributed by atoms with Crippen LogP contribution < -0.4 is 0 Å². The van der Waals surface area contributed by atoms with Gasteiger partial charge in [0.25, 0.3) is 0 Å². The number of hydrogen-bond donors (Lipinski definition) is 2. The van der Waals surface area contributed by atoms with Gasteiger partial charge >= 0.3 is 7.32 Å². The molecular weight excluding hydrogens is 215 g/mol. The van der Waals surface area contributed by atoms with Crippen molar-refractivity contribution in [3.63, 3.8) is 0 Å². The lowest BCUT2D eigenvalue weighted by molar-refractivity contribution is 0.149. The highest BCUT2D eigenvalue weighted by atomic mass is 16.6. The van der Waals surface area contributed by atoms with Crippen LogP contribution in [0, 0.1) is 0 Å². The lowest BCUT2D eigenvalue weighted by Crippen LogP contribution is -2.20. The molecule has 84 valence electrons. The topological polar surface area (TPSA) is 49.7 Å². The van der Waals surface area contributed by atoms with Gasteiger partial charge in [-0.1, -0.05) is 48.6 Å². The van der Waals surface area contributed by atoms with E-state index in [4.69, 9.17) is 14.7 Å². The van der Waals surface area contributed by atoms with Crippen molar-refractivity contribution in [3.05, 3.63) is 53.6 Å². The van der Waals surface area contributed by atoms with Gasteiger partial charge in [0.05, 0.1) is 6.10 Å². The number of benzene rings is 2. The van der Waals surface area contributed by atoms with Crippen molar-refractivity contribution in [1.29, 1.82) is 0 Å². The minimum Gasteiger partial charge on any atom is -0.402 e. The number of rotatable bonds is 2. The van der Waals surface area contributed by atoms with Crippen LogP contribution in [-0.4, -0.2) is 17.4 Å². The van der Waals surface area contributed by atoms with Gasteiger partial charge in [-0.3, -0.25) is 0 Å². The van der Waals surface area contributed by atoms with Gasteiger partial charge in [-0.05, 0) is 21.9 Å². The van der Waals surface area contributed by atoms with Crippen LogP contribution in [-0.2, 0) is 4.65 Å². The fraction of sp³-hybridized carbons (Fsp3) is 0.0769. The first-order chi connectivity index (χ1) is 8.25. The SMILES string of the molecule is OB(O)OC1C=Cc2cccc3cccc1c23. The summed E-state index contributed by atoms with van der Waals surface area (Å²) in [4.78, 5) is 0. The van der Waals surface area contributed by atoms with Crippen molar-refractivity contribution in [2.45, 2.75) is 6.10 Å². The maximum Gasteiger partial charge on any atom is 0.634 e. The fourth-order valence-electron chi connectivity index (χ4n) is 2.32. The Hall–Kier alpha value is -1.62. The Labute approximate surface area is 99.1 Å². The summed E-state index contributed by atoms with van der Waals surface area (Å²) in [7, 11) is -1.76. The zero-order valence-corrected chi connectivity index (χ0v) is 9.08. The van der Waals surface area contributed by atoms with Gasteiger partial charge in [0.1, 0.15) is 0 Å². The molecule has 1 unspecified atom stereocenters. The lowest BCUT2D eigenvalue weighted by Gasteiger charge is -2.21. The first-order valence-corrected chi connectivity index (χ1v) is 5.47. The van der Waals surface area contributed by atoms with E-state index in [0.29, 0.717) is 0 Å². The van der Waals surface area contributed by atoms with Crippen molar-refractivity contribution in [1.82, 2.24) is 0 Å². The van der Waals surface area contributed by atoms with Gasteiger partial charge in [0.15, 0.2) is 0 Å². The molecule has 0 heterocycles. The molecule has 0 spiro atoms. The van der Waals surface area contributed by atoms with Gasteiger partial charge in [-0.15, -0.1) is 0 Å². The minimum absolute atomic E-state index is 0.409. The molecular formula is C13H11BO3. The monoisotopic (exact) mass is 226 g/mol. The van der Waals surface area contributed by atoms with Gasteiger partial charge in [-0.2, -0.15) is 0 Å². The van der Waals surface area contributed by atoms with E-state index < -0.39 is 13.4 Å². The summed E-state index contributed by atoms with van der Waals surface area (Å²) in [6.45, 7) is 0. The van der Waals surface area contributed by atoms with Gasteiger partial charge in [-0.25, -0.2) is 0 Å². The van der Waals surface area contributed by atoms with Crippen molar-refractivity contribution in [2.75, 3.05) is 0 Å². The van der Waals surface area contributed by atoms with E-state index in [1.807, 2.05) is 48.6 Å². The van der Waals surface area contributed by atoms with Gasteiger partial charge < -0.3 is 14.7 Å². The molecule has 1 aliphatic carbocycles. The smallest absolute Gasteiger partial charge is 0.402 e. The van der Waals surface area contributed by atoms with Crippen LogP contribution in [0.3, 0.4) is 0 Å². The third-order valence-corrected chi connectivity index (χ3v) is 2.99. The highest BCUT2D eigenvalue weighted by Crippen LogP contribution is 2.35. The fourth-order valence-corrected chi connectivity index (χ4v) is 2.32. The van der Waals surface area contributed by atoms with Crippen molar-refractivity contribution in [2.24, 2.45) is 0 Å². The average molecular weight is 226 g/mol. The molecule has 2 N–H and O–H groups in total. The molecule has 0 saturated carbocycles. The Kier molecular flexibility index (Phi) is 2.48. The van der Waals surface area contributed by atoms with Crippen LogP contribution in [0.4, 0.5) is 0 Å². The Morgan fingerprint density at radius 1 is 1.06 bits per heavy atom. The molecule has 0 saturated heterocycles. The first kappa shape index (κ1) is 10.5. The van der Waals surface area contributed by atoms with Crippen molar-refractivity contribution in [3.8, 4) is 0 Å². The highest BCUT2D eigenvalue weighted by Gasteiger charge is 2.22. The third-order valence-electron chi connectivity index (χ3n) is 2.99. The highest BCUT2D eigenvalue weighted by molar-refractivity contribution is 6.32. The molecule has 0 aromatic heterocycles. The standard InChI is InChI=1S/C13H11BO3/c15-14(16)17-12-8-7-10-4-1-3-9-5-2-6-11(12)13(9)10/h1-8,12,15-16H. The van der Waals surface area contributed by atoms with E-state index in [1.165, 1.54) is 0 Å². The summed E-state index contributed by atoms with van der Waals surface area (Å²) in [5.74, 6) is 0. The van der Waals surface area contributed by atoms with Crippen LogP contribution >= 0.6 is 0 Å². The molecule has 2 aromatic rings. The van der Waals surface area contributed by atoms with Crippen LogP contribution in [0.25, 0.3) is 16.8 Å². The maximum absolute atomic E-state index is 8.91. The molecule has 1 atom stereocenters. The second-order valence-corrected chi connectivity index (χ2v) is 4.03. The summed E-state index contributed by atoms with van der Waals surface area (Å²) in [5, 5.41) is 20.1. The zero-order chi connectivity index (χ0) is 11.8. The van der Waals surface area contributed by atoms with E-state index in [1.54, 1.807) is 0 Å². The van der Waals surface area contributed by atoms with E-state index in [0.717, 1.165) is 21.9 Å². The molecule has 2 aromatic carbocycles. The van der Waals surface area contributed by atoms with Crippen molar-refractivity contribution >= 4 is 24.2 Å².